The molecule has 2 atom stereocenters. The zero-order valence-electron chi connectivity index (χ0n) is 28.1. The van der Waals surface area contributed by atoms with E-state index < -0.39 is 39.7 Å². The van der Waals surface area contributed by atoms with Gasteiger partial charge in [-0.3, -0.25) is 4.98 Å². The highest BCUT2D eigenvalue weighted by molar-refractivity contribution is 6.88. The smallest absolute Gasteiger partial charge is 0.192 e. The molecule has 2 heterocycles. The Kier molecular flexibility index (Phi) is 7.86. The van der Waals surface area contributed by atoms with Gasteiger partial charge in [0.2, 0.25) is 0 Å². The first kappa shape index (κ1) is 32.0. The number of halogens is 2. The van der Waals surface area contributed by atoms with Crippen molar-refractivity contribution in [3.05, 3.63) is 57.4 Å². The second-order valence-corrected chi connectivity index (χ2v) is 26.8. The summed E-state index contributed by atoms with van der Waals surface area (Å²) < 4.78 is 45.8. The SMILES string of the molecule is CC(C)c1nc2c(c3c1[C@@H](c1cc(F)c([Si](C)(C)C)c(F)c1)OC31CCCC1)C(O[Si](C)(C)C(C)(C)C)CC(C)(C)C2. The topological polar surface area (TPSA) is 31.4 Å². The summed E-state index contributed by atoms with van der Waals surface area (Å²) in [6.07, 6.45) is 5.19. The molecule has 1 fully saturated rings. The number of aromatic nitrogens is 1. The van der Waals surface area contributed by atoms with Crippen LogP contribution in [0.3, 0.4) is 0 Å². The second kappa shape index (κ2) is 10.3. The molecule has 0 N–H and O–H groups in total. The summed E-state index contributed by atoms with van der Waals surface area (Å²) in [6, 6.07) is 3.10. The van der Waals surface area contributed by atoms with E-state index in [0.717, 1.165) is 55.5 Å². The number of hydrogen-bond donors (Lipinski definition) is 0. The van der Waals surface area contributed by atoms with Crippen molar-refractivity contribution in [2.45, 2.75) is 148 Å². The van der Waals surface area contributed by atoms with E-state index in [-0.39, 0.29) is 27.7 Å². The van der Waals surface area contributed by atoms with Gasteiger partial charge in [-0.15, -0.1) is 0 Å². The number of rotatable bonds is 5. The average Bonchev–Trinajstić information content (AvgIpc) is 3.40. The average molecular weight is 614 g/mol. The summed E-state index contributed by atoms with van der Waals surface area (Å²) in [5.74, 6) is -0.744. The van der Waals surface area contributed by atoms with E-state index in [1.165, 1.54) is 11.1 Å². The molecule has 3 nitrogen and oxygen atoms in total. The minimum Gasteiger partial charge on any atom is -0.410 e. The van der Waals surface area contributed by atoms with Crippen molar-refractivity contribution < 1.29 is 17.9 Å². The van der Waals surface area contributed by atoms with Gasteiger partial charge >= 0.3 is 0 Å². The molecule has 0 bridgehead atoms. The second-order valence-electron chi connectivity index (χ2n) is 17.0. The molecule has 1 spiro atoms. The van der Waals surface area contributed by atoms with Gasteiger partial charge in [0.1, 0.15) is 17.7 Å². The molecule has 2 aliphatic carbocycles. The molecule has 1 aliphatic heterocycles. The Hall–Kier alpha value is -1.42. The molecule has 0 radical (unpaired) electrons. The Balaban J connectivity index is 1.79. The van der Waals surface area contributed by atoms with E-state index in [2.05, 4.69) is 61.6 Å². The van der Waals surface area contributed by atoms with Crippen LogP contribution in [-0.2, 0) is 21.2 Å². The zero-order chi connectivity index (χ0) is 31.2. The van der Waals surface area contributed by atoms with E-state index in [1.54, 1.807) is 12.1 Å². The molecular formula is C35H53F2NO2Si2. The van der Waals surface area contributed by atoms with Gasteiger partial charge in [-0.05, 0) is 78.4 Å². The summed E-state index contributed by atoms with van der Waals surface area (Å²) in [6.45, 7) is 26.5. The number of ether oxygens (including phenoxy) is 1. The standard InChI is InChI=1S/C35H53F2NO2Si2/c1-21(2)30-28-29(27-25(38-30)19-34(6,7)20-26(27)40-42(11,12)33(3,4)5)35(15-13-14-16-35)39-31(28)22-17-23(36)32(24(37)18-22)41(8,9)10/h17-18,21,26,31H,13-16,19-20H2,1-12H3/t26?,31-/m1/s1. The van der Waals surface area contributed by atoms with Gasteiger partial charge in [-0.2, -0.15) is 0 Å². The van der Waals surface area contributed by atoms with Crippen molar-refractivity contribution in [2.24, 2.45) is 5.41 Å². The van der Waals surface area contributed by atoms with Crippen LogP contribution in [-0.4, -0.2) is 21.4 Å². The van der Waals surface area contributed by atoms with Crippen molar-refractivity contribution in [3.63, 3.8) is 0 Å². The third-order valence-electron chi connectivity index (χ3n) is 10.5. The maximum absolute atomic E-state index is 15.7. The first-order chi connectivity index (χ1) is 19.2. The van der Waals surface area contributed by atoms with Crippen molar-refractivity contribution in [3.8, 4) is 0 Å². The Labute approximate surface area is 255 Å². The first-order valence-electron chi connectivity index (χ1n) is 16.1. The molecule has 1 unspecified atom stereocenters. The fraction of sp³-hybridized carbons (Fsp3) is 0.686. The molecule has 1 saturated carbocycles. The van der Waals surface area contributed by atoms with Crippen molar-refractivity contribution in [1.82, 2.24) is 4.98 Å². The quantitative estimate of drug-likeness (QED) is 0.315. The van der Waals surface area contributed by atoms with Gasteiger partial charge in [0.25, 0.3) is 0 Å². The first-order valence-corrected chi connectivity index (χ1v) is 22.5. The molecule has 1 aromatic heterocycles. The minimum atomic E-state index is -2.21. The molecule has 232 valence electrons. The molecule has 42 heavy (non-hydrogen) atoms. The number of hydrogen-bond acceptors (Lipinski definition) is 3. The third-order valence-corrected chi connectivity index (χ3v) is 16.9. The summed E-state index contributed by atoms with van der Waals surface area (Å²) in [5.41, 5.74) is 5.81. The predicted octanol–water partition coefficient (Wildman–Crippen LogP) is 9.95. The highest BCUT2D eigenvalue weighted by Crippen LogP contribution is 2.60. The molecule has 0 saturated heterocycles. The summed E-state index contributed by atoms with van der Waals surface area (Å²) >= 11 is 0. The van der Waals surface area contributed by atoms with Gasteiger partial charge in [0.15, 0.2) is 8.32 Å². The lowest BCUT2D eigenvalue weighted by Crippen LogP contribution is -2.44. The Morgan fingerprint density at radius 1 is 0.976 bits per heavy atom. The zero-order valence-corrected chi connectivity index (χ0v) is 30.1. The lowest BCUT2D eigenvalue weighted by molar-refractivity contribution is -0.0580. The van der Waals surface area contributed by atoms with Crippen LogP contribution in [0.2, 0.25) is 37.8 Å². The lowest BCUT2D eigenvalue weighted by Gasteiger charge is -2.45. The highest BCUT2D eigenvalue weighted by Gasteiger charge is 2.54. The van der Waals surface area contributed by atoms with E-state index >= 15 is 8.78 Å². The van der Waals surface area contributed by atoms with E-state index in [0.29, 0.717) is 5.56 Å². The van der Waals surface area contributed by atoms with E-state index in [1.807, 2.05) is 19.6 Å². The number of pyridine rings is 1. The van der Waals surface area contributed by atoms with Gasteiger partial charge < -0.3 is 9.16 Å². The molecule has 3 aliphatic rings. The van der Waals surface area contributed by atoms with Gasteiger partial charge in [0.05, 0.1) is 19.8 Å². The minimum absolute atomic E-state index is 0.0517. The van der Waals surface area contributed by atoms with Crippen LogP contribution in [0.1, 0.15) is 132 Å². The maximum Gasteiger partial charge on any atom is 0.192 e. The molecule has 5 rings (SSSR count). The largest absolute Gasteiger partial charge is 0.410 e. The molecule has 7 heteroatoms. The summed E-state index contributed by atoms with van der Waals surface area (Å²) in [4.78, 5) is 5.43. The van der Waals surface area contributed by atoms with Crippen LogP contribution < -0.4 is 5.19 Å². The third kappa shape index (κ3) is 5.39. The Morgan fingerprint density at radius 2 is 1.55 bits per heavy atom. The van der Waals surface area contributed by atoms with E-state index in [9.17, 15) is 0 Å². The van der Waals surface area contributed by atoms with Gasteiger partial charge in [-0.25, -0.2) is 8.78 Å². The highest BCUT2D eigenvalue weighted by atomic mass is 28.4. The van der Waals surface area contributed by atoms with Crippen LogP contribution in [0.25, 0.3) is 0 Å². The van der Waals surface area contributed by atoms with Crippen LogP contribution in [0.4, 0.5) is 8.78 Å². The van der Waals surface area contributed by atoms with Gasteiger partial charge in [-0.1, -0.05) is 80.9 Å². The number of fused-ring (bicyclic) bond motifs is 4. The Bertz CT molecular complexity index is 1360. The number of benzene rings is 1. The van der Waals surface area contributed by atoms with Crippen molar-refractivity contribution in [2.75, 3.05) is 0 Å². The van der Waals surface area contributed by atoms with E-state index in [4.69, 9.17) is 14.1 Å². The maximum atomic E-state index is 15.7. The van der Waals surface area contributed by atoms with Crippen molar-refractivity contribution in [1.29, 1.82) is 0 Å². The monoisotopic (exact) mass is 613 g/mol. The molecular weight excluding hydrogens is 561 g/mol. The lowest BCUT2D eigenvalue weighted by atomic mass is 9.70. The Morgan fingerprint density at radius 3 is 2.05 bits per heavy atom. The predicted molar refractivity (Wildman–Crippen MR) is 174 cm³/mol. The summed E-state index contributed by atoms with van der Waals surface area (Å²) in [7, 11) is -4.34. The number of nitrogens with zero attached hydrogens (tertiary/aromatic N) is 1. The summed E-state index contributed by atoms with van der Waals surface area (Å²) in [5, 5.41) is 0.332. The molecule has 2 aromatic rings. The molecule has 1 aromatic carbocycles. The van der Waals surface area contributed by atoms with Crippen LogP contribution in [0, 0.1) is 17.0 Å². The fourth-order valence-electron chi connectivity index (χ4n) is 7.48. The van der Waals surface area contributed by atoms with Crippen LogP contribution in [0.15, 0.2) is 12.1 Å². The van der Waals surface area contributed by atoms with Crippen molar-refractivity contribution >= 4 is 21.6 Å². The fourth-order valence-corrected chi connectivity index (χ4v) is 10.3. The normalized spacial score (nSPS) is 23.5. The van der Waals surface area contributed by atoms with Crippen LogP contribution in [0.5, 0.6) is 0 Å². The van der Waals surface area contributed by atoms with Crippen LogP contribution >= 0.6 is 0 Å². The van der Waals surface area contributed by atoms with Gasteiger partial charge in [0, 0.05) is 27.7 Å². The molecule has 0 amide bonds.